The number of carbonyl (C=O) groups excluding carboxylic acids is 1. The first-order valence-electron chi connectivity index (χ1n) is 9.25. The minimum Gasteiger partial charge on any atom is -0.496 e. The molecule has 7 heteroatoms. The van der Waals surface area contributed by atoms with E-state index >= 15 is 0 Å². The van der Waals surface area contributed by atoms with E-state index in [4.69, 9.17) is 9.15 Å². The number of nitrogens with zero attached hydrogens (tertiary/aromatic N) is 3. The summed E-state index contributed by atoms with van der Waals surface area (Å²) in [6.45, 7) is 2.46. The van der Waals surface area contributed by atoms with Crippen LogP contribution >= 0.6 is 0 Å². The molecule has 0 aliphatic heterocycles. The minimum atomic E-state index is -0.0509. The van der Waals surface area contributed by atoms with Gasteiger partial charge in [0.2, 0.25) is 17.7 Å². The van der Waals surface area contributed by atoms with Gasteiger partial charge in [-0.1, -0.05) is 18.2 Å². The van der Waals surface area contributed by atoms with Gasteiger partial charge in [-0.2, -0.15) is 0 Å². The van der Waals surface area contributed by atoms with Crippen LogP contribution in [0.1, 0.15) is 34.9 Å². The Hall–Kier alpha value is -3.22. The summed E-state index contributed by atoms with van der Waals surface area (Å²) in [5.74, 6) is 1.84. The van der Waals surface area contributed by atoms with Gasteiger partial charge < -0.3 is 14.5 Å². The van der Waals surface area contributed by atoms with Crippen LogP contribution in [-0.4, -0.2) is 28.2 Å². The predicted molar refractivity (Wildman–Crippen MR) is 104 cm³/mol. The second-order valence-electron chi connectivity index (χ2n) is 6.48. The highest BCUT2D eigenvalue weighted by atomic mass is 16.5. The quantitative estimate of drug-likeness (QED) is 0.614. The molecule has 0 atom stereocenters. The molecule has 3 aromatic rings. The molecule has 1 amide bonds. The topological polar surface area (TPSA) is 90.1 Å². The van der Waals surface area contributed by atoms with Crippen molar-refractivity contribution in [2.75, 3.05) is 7.11 Å². The predicted octanol–water partition coefficient (Wildman–Crippen LogP) is 2.82. The zero-order chi connectivity index (χ0) is 19.8. The van der Waals surface area contributed by atoms with Crippen LogP contribution in [0.2, 0.25) is 0 Å². The van der Waals surface area contributed by atoms with Crippen molar-refractivity contribution in [1.82, 2.24) is 20.5 Å². The van der Waals surface area contributed by atoms with Gasteiger partial charge in [0.05, 0.1) is 7.11 Å². The highest BCUT2D eigenvalue weighted by Gasteiger charge is 2.11. The lowest BCUT2D eigenvalue weighted by molar-refractivity contribution is -0.121. The standard InChI is InChI=1S/C21H24N4O3/c1-15-13-22-12-11-17(15)14-23-19(26)8-10-21-25-24-20(28-21)9-7-16-5-3-4-6-18(16)27-2/h3-6,11-13H,7-10,14H2,1-2H3,(H,23,26). The second-order valence-corrected chi connectivity index (χ2v) is 6.48. The molecular weight excluding hydrogens is 356 g/mol. The third-order valence-corrected chi connectivity index (χ3v) is 4.49. The van der Waals surface area contributed by atoms with E-state index in [1.165, 1.54) is 0 Å². The van der Waals surface area contributed by atoms with Crippen molar-refractivity contribution in [2.24, 2.45) is 0 Å². The fourth-order valence-corrected chi connectivity index (χ4v) is 2.84. The van der Waals surface area contributed by atoms with Gasteiger partial charge in [0.25, 0.3) is 0 Å². The van der Waals surface area contributed by atoms with Crippen molar-refractivity contribution in [3.63, 3.8) is 0 Å². The lowest BCUT2D eigenvalue weighted by Crippen LogP contribution is -2.23. The largest absolute Gasteiger partial charge is 0.496 e. The molecule has 0 unspecified atom stereocenters. The number of ether oxygens (including phenoxy) is 1. The van der Waals surface area contributed by atoms with E-state index < -0.39 is 0 Å². The maximum Gasteiger partial charge on any atom is 0.220 e. The SMILES string of the molecule is COc1ccccc1CCc1nnc(CCC(=O)NCc2ccncc2C)o1. The maximum absolute atomic E-state index is 12.1. The van der Waals surface area contributed by atoms with E-state index in [1.54, 1.807) is 19.5 Å². The Kier molecular flexibility index (Phi) is 6.73. The molecule has 0 bridgehead atoms. The maximum atomic E-state index is 12.1. The highest BCUT2D eigenvalue weighted by Crippen LogP contribution is 2.19. The highest BCUT2D eigenvalue weighted by molar-refractivity contribution is 5.76. The normalized spacial score (nSPS) is 10.6. The van der Waals surface area contributed by atoms with E-state index in [2.05, 4.69) is 20.5 Å². The number of nitrogens with one attached hydrogen (secondary N) is 1. The van der Waals surface area contributed by atoms with Gasteiger partial charge in [0.15, 0.2) is 0 Å². The van der Waals surface area contributed by atoms with Crippen molar-refractivity contribution < 1.29 is 13.9 Å². The molecule has 2 aromatic heterocycles. The van der Waals surface area contributed by atoms with Crippen molar-refractivity contribution >= 4 is 5.91 Å². The van der Waals surface area contributed by atoms with E-state index in [1.807, 2.05) is 37.3 Å². The van der Waals surface area contributed by atoms with Crippen molar-refractivity contribution in [1.29, 1.82) is 0 Å². The molecule has 1 aromatic carbocycles. The average molecular weight is 380 g/mol. The van der Waals surface area contributed by atoms with Gasteiger partial charge in [0, 0.05) is 38.2 Å². The molecule has 0 aliphatic carbocycles. The van der Waals surface area contributed by atoms with Crippen LogP contribution in [0, 0.1) is 6.92 Å². The van der Waals surface area contributed by atoms with Gasteiger partial charge in [-0.25, -0.2) is 0 Å². The molecule has 1 N–H and O–H groups in total. The number of pyridine rings is 1. The summed E-state index contributed by atoms with van der Waals surface area (Å²) in [6, 6.07) is 9.77. The molecule has 0 radical (unpaired) electrons. The van der Waals surface area contributed by atoms with Crippen LogP contribution in [0.3, 0.4) is 0 Å². The van der Waals surface area contributed by atoms with Crippen molar-refractivity contribution in [3.8, 4) is 5.75 Å². The number of carbonyl (C=O) groups is 1. The van der Waals surface area contributed by atoms with Crippen LogP contribution in [0.5, 0.6) is 5.75 Å². The summed E-state index contributed by atoms with van der Waals surface area (Å²) in [5, 5.41) is 11.0. The van der Waals surface area contributed by atoms with E-state index in [9.17, 15) is 4.79 Å². The number of aromatic nitrogens is 3. The second kappa shape index (κ2) is 9.64. The monoisotopic (exact) mass is 380 g/mol. The Bertz CT molecular complexity index is 923. The number of rotatable bonds is 9. The fraction of sp³-hybridized carbons (Fsp3) is 0.333. The molecule has 0 spiro atoms. The van der Waals surface area contributed by atoms with Gasteiger partial charge in [-0.05, 0) is 42.2 Å². The lowest BCUT2D eigenvalue weighted by Gasteiger charge is -2.06. The lowest BCUT2D eigenvalue weighted by atomic mass is 10.1. The minimum absolute atomic E-state index is 0.0509. The number of hydrogen-bond acceptors (Lipinski definition) is 6. The van der Waals surface area contributed by atoms with Gasteiger partial charge >= 0.3 is 0 Å². The van der Waals surface area contributed by atoms with Crippen molar-refractivity contribution in [2.45, 2.75) is 39.2 Å². The van der Waals surface area contributed by atoms with Crippen molar-refractivity contribution in [3.05, 3.63) is 71.2 Å². The molecular formula is C21H24N4O3. The Balaban J connectivity index is 1.44. The summed E-state index contributed by atoms with van der Waals surface area (Å²) in [7, 11) is 1.66. The number of methoxy groups -OCH3 is 1. The number of hydrogen-bond donors (Lipinski definition) is 1. The summed E-state index contributed by atoms with van der Waals surface area (Å²) in [5.41, 5.74) is 3.20. The third-order valence-electron chi connectivity index (χ3n) is 4.49. The summed E-state index contributed by atoms with van der Waals surface area (Å²) >= 11 is 0. The Morgan fingerprint density at radius 1 is 1.07 bits per heavy atom. The Morgan fingerprint density at radius 2 is 1.86 bits per heavy atom. The fourth-order valence-electron chi connectivity index (χ4n) is 2.84. The molecule has 28 heavy (non-hydrogen) atoms. The summed E-state index contributed by atoms with van der Waals surface area (Å²) in [6.07, 6.45) is 5.60. The van der Waals surface area contributed by atoms with Gasteiger partial charge in [-0.3, -0.25) is 9.78 Å². The molecule has 0 saturated heterocycles. The summed E-state index contributed by atoms with van der Waals surface area (Å²) in [4.78, 5) is 16.1. The molecule has 7 nitrogen and oxygen atoms in total. The van der Waals surface area contributed by atoms with Crippen LogP contribution in [0.25, 0.3) is 0 Å². The number of amides is 1. The van der Waals surface area contributed by atoms with E-state index in [0.29, 0.717) is 37.6 Å². The van der Waals surface area contributed by atoms with E-state index in [-0.39, 0.29) is 5.91 Å². The molecule has 146 valence electrons. The Labute approximate surface area is 164 Å². The van der Waals surface area contributed by atoms with Gasteiger partial charge in [0.1, 0.15) is 5.75 Å². The smallest absolute Gasteiger partial charge is 0.220 e. The number of para-hydroxylation sites is 1. The number of aryl methyl sites for hydroxylation is 4. The zero-order valence-corrected chi connectivity index (χ0v) is 16.1. The van der Waals surface area contributed by atoms with Crippen LogP contribution in [0.4, 0.5) is 0 Å². The molecule has 0 saturated carbocycles. The van der Waals surface area contributed by atoms with Crippen LogP contribution < -0.4 is 10.1 Å². The number of benzene rings is 1. The first-order valence-corrected chi connectivity index (χ1v) is 9.25. The average Bonchev–Trinajstić information content (AvgIpc) is 3.18. The molecule has 3 rings (SSSR count). The van der Waals surface area contributed by atoms with Crippen LogP contribution in [-0.2, 0) is 30.6 Å². The summed E-state index contributed by atoms with van der Waals surface area (Å²) < 4.78 is 11.0. The molecule has 0 aliphatic rings. The Morgan fingerprint density at radius 3 is 2.64 bits per heavy atom. The first kappa shape index (κ1) is 19.5. The third kappa shape index (κ3) is 5.39. The first-order chi connectivity index (χ1) is 13.7. The zero-order valence-electron chi connectivity index (χ0n) is 16.1. The molecule has 2 heterocycles. The van der Waals surface area contributed by atoms with Gasteiger partial charge in [-0.15, -0.1) is 10.2 Å². The molecule has 0 fully saturated rings. The van der Waals surface area contributed by atoms with E-state index in [0.717, 1.165) is 28.9 Å². The van der Waals surface area contributed by atoms with Crippen LogP contribution in [0.15, 0.2) is 47.1 Å².